The van der Waals surface area contributed by atoms with Crippen molar-refractivity contribution in [3.05, 3.63) is 136 Å². The van der Waals surface area contributed by atoms with Crippen LogP contribution in [0, 0.1) is 17.5 Å². The zero-order valence-corrected chi connectivity index (χ0v) is 21.5. The highest BCUT2D eigenvalue weighted by atomic mass is 19.4. The Kier molecular flexibility index (Phi) is 8.74. The maximum atomic E-state index is 15.5. The van der Waals surface area contributed by atoms with E-state index in [1.54, 1.807) is 6.07 Å². The van der Waals surface area contributed by atoms with Crippen LogP contribution < -0.4 is 10.1 Å². The molecule has 0 radical (unpaired) electrons. The second-order valence-electron chi connectivity index (χ2n) is 9.36. The van der Waals surface area contributed by atoms with E-state index in [1.807, 2.05) is 0 Å². The van der Waals surface area contributed by atoms with E-state index >= 15 is 4.39 Å². The van der Waals surface area contributed by atoms with Gasteiger partial charge in [0, 0.05) is 29.7 Å². The van der Waals surface area contributed by atoms with Gasteiger partial charge in [-0.1, -0.05) is 42.5 Å². The summed E-state index contributed by atoms with van der Waals surface area (Å²) >= 11 is 0. The third-order valence-corrected chi connectivity index (χ3v) is 6.35. The first kappa shape index (κ1) is 31.4. The van der Waals surface area contributed by atoms with Gasteiger partial charge in [0.15, 0.2) is 0 Å². The summed E-state index contributed by atoms with van der Waals surface area (Å²) < 4.78 is 142. The SMILES string of the molecule is O=C(NC(Cc1ccccc1)(c1cc(F)cc(OC(F)(F)C(F)F)c1)c1ccc(F)cc1F)c1cccc(C(F)(F)F)c1. The third kappa shape index (κ3) is 7.09. The van der Waals surface area contributed by atoms with Gasteiger partial charge in [-0.3, -0.25) is 4.79 Å². The molecule has 226 valence electrons. The molecule has 13 heteroatoms. The van der Waals surface area contributed by atoms with E-state index in [1.165, 1.54) is 24.3 Å². The number of hydrogen-bond donors (Lipinski definition) is 1. The second kappa shape index (κ2) is 12.0. The summed E-state index contributed by atoms with van der Waals surface area (Å²) in [4.78, 5) is 13.5. The van der Waals surface area contributed by atoms with Crippen LogP contribution in [-0.4, -0.2) is 18.4 Å². The van der Waals surface area contributed by atoms with Gasteiger partial charge in [-0.25, -0.2) is 13.2 Å². The van der Waals surface area contributed by atoms with Crippen LogP contribution in [0.3, 0.4) is 0 Å². The van der Waals surface area contributed by atoms with Crippen molar-refractivity contribution in [2.24, 2.45) is 0 Å². The van der Waals surface area contributed by atoms with E-state index in [4.69, 9.17) is 0 Å². The molecule has 4 rings (SSSR count). The average molecular weight is 615 g/mol. The number of benzene rings is 4. The highest BCUT2D eigenvalue weighted by molar-refractivity contribution is 5.95. The zero-order chi connectivity index (χ0) is 31.6. The lowest BCUT2D eigenvalue weighted by Gasteiger charge is -2.37. The molecule has 1 unspecified atom stereocenters. The molecular formula is C30H19F10NO2. The lowest BCUT2D eigenvalue weighted by molar-refractivity contribution is -0.253. The number of nitrogens with one attached hydrogen (secondary N) is 1. The molecule has 1 amide bonds. The molecule has 0 aliphatic heterocycles. The molecule has 0 aliphatic rings. The first-order chi connectivity index (χ1) is 20.1. The van der Waals surface area contributed by atoms with Gasteiger partial charge in [0.25, 0.3) is 5.91 Å². The molecule has 3 nitrogen and oxygen atoms in total. The fraction of sp³-hybridized carbons (Fsp3) is 0.167. The maximum Gasteiger partial charge on any atom is 0.461 e. The van der Waals surface area contributed by atoms with Crippen LogP contribution >= 0.6 is 0 Å². The largest absolute Gasteiger partial charge is 0.461 e. The van der Waals surface area contributed by atoms with Crippen molar-refractivity contribution in [1.29, 1.82) is 0 Å². The monoisotopic (exact) mass is 615 g/mol. The van der Waals surface area contributed by atoms with Crippen molar-refractivity contribution < 1.29 is 53.4 Å². The van der Waals surface area contributed by atoms with Crippen molar-refractivity contribution in [3.8, 4) is 5.75 Å². The van der Waals surface area contributed by atoms with Crippen LogP contribution in [0.25, 0.3) is 0 Å². The van der Waals surface area contributed by atoms with E-state index in [0.29, 0.717) is 42.0 Å². The van der Waals surface area contributed by atoms with Crippen LogP contribution in [0.15, 0.2) is 91.0 Å². The van der Waals surface area contributed by atoms with Crippen LogP contribution in [0.1, 0.15) is 32.6 Å². The third-order valence-electron chi connectivity index (χ3n) is 6.35. The average Bonchev–Trinajstić information content (AvgIpc) is 2.92. The van der Waals surface area contributed by atoms with E-state index in [2.05, 4.69) is 10.1 Å². The van der Waals surface area contributed by atoms with Gasteiger partial charge in [-0.05, 0) is 47.5 Å². The molecule has 0 bridgehead atoms. The summed E-state index contributed by atoms with van der Waals surface area (Å²) in [5, 5.41) is 2.38. The van der Waals surface area contributed by atoms with Gasteiger partial charge >= 0.3 is 18.7 Å². The number of halogens is 10. The number of alkyl halides is 7. The highest BCUT2D eigenvalue weighted by Gasteiger charge is 2.45. The van der Waals surface area contributed by atoms with Gasteiger partial charge in [0.2, 0.25) is 0 Å². The number of carbonyl (C=O) groups is 1. The quantitative estimate of drug-likeness (QED) is 0.193. The van der Waals surface area contributed by atoms with Crippen LogP contribution in [0.5, 0.6) is 5.75 Å². The number of amides is 1. The van der Waals surface area contributed by atoms with Crippen molar-refractivity contribution in [1.82, 2.24) is 5.32 Å². The molecule has 0 saturated heterocycles. The highest BCUT2D eigenvalue weighted by Crippen LogP contribution is 2.39. The van der Waals surface area contributed by atoms with Crippen molar-refractivity contribution in [2.45, 2.75) is 30.7 Å². The van der Waals surface area contributed by atoms with E-state index in [-0.39, 0.29) is 0 Å². The van der Waals surface area contributed by atoms with E-state index in [0.717, 1.165) is 24.3 Å². The van der Waals surface area contributed by atoms with Gasteiger partial charge < -0.3 is 10.1 Å². The van der Waals surface area contributed by atoms with Gasteiger partial charge in [0.05, 0.1) is 11.1 Å². The normalized spacial score (nSPS) is 13.5. The van der Waals surface area contributed by atoms with Crippen molar-refractivity contribution in [2.75, 3.05) is 0 Å². The molecule has 0 spiro atoms. The predicted molar refractivity (Wildman–Crippen MR) is 134 cm³/mol. The molecule has 1 atom stereocenters. The van der Waals surface area contributed by atoms with Crippen molar-refractivity contribution >= 4 is 5.91 Å². The molecule has 4 aromatic rings. The lowest BCUT2D eigenvalue weighted by atomic mass is 9.77. The Morgan fingerprint density at radius 2 is 1.44 bits per heavy atom. The van der Waals surface area contributed by atoms with Crippen LogP contribution in [0.2, 0.25) is 0 Å². The number of hydrogen-bond acceptors (Lipinski definition) is 2. The Morgan fingerprint density at radius 3 is 2.07 bits per heavy atom. The summed E-state index contributed by atoms with van der Waals surface area (Å²) in [5.74, 6) is -6.13. The smallest absolute Gasteiger partial charge is 0.428 e. The van der Waals surface area contributed by atoms with E-state index in [9.17, 15) is 44.3 Å². The van der Waals surface area contributed by atoms with Crippen molar-refractivity contribution in [3.63, 3.8) is 0 Å². The van der Waals surface area contributed by atoms with Crippen LogP contribution in [0.4, 0.5) is 43.9 Å². The first-order valence-corrected chi connectivity index (χ1v) is 12.3. The fourth-order valence-corrected chi connectivity index (χ4v) is 4.45. The molecule has 0 saturated carbocycles. The van der Waals surface area contributed by atoms with Gasteiger partial charge in [0.1, 0.15) is 23.2 Å². The Balaban J connectivity index is 1.98. The molecule has 0 fully saturated rings. The summed E-state index contributed by atoms with van der Waals surface area (Å²) in [5.41, 5.74) is -4.94. The standard InChI is InChI=1S/C30H19F10NO2/c31-21-9-10-24(25(33)15-21)28(16-17-5-2-1-3-6-17,41-26(42)18-7-4-8-19(11-18)29(36,37)38)20-12-22(32)14-23(13-20)43-30(39,40)27(34)35/h1-15,27H,16H2,(H,41,42). The Hall–Kier alpha value is -4.55. The van der Waals surface area contributed by atoms with Crippen LogP contribution in [-0.2, 0) is 18.1 Å². The molecule has 0 aromatic heterocycles. The molecule has 4 aromatic carbocycles. The Labute approximate surface area is 237 Å². The predicted octanol–water partition coefficient (Wildman–Crippen LogP) is 8.28. The lowest BCUT2D eigenvalue weighted by Crippen LogP contribution is -2.49. The van der Waals surface area contributed by atoms with E-state index < -0.39 is 82.0 Å². The topological polar surface area (TPSA) is 38.3 Å². The maximum absolute atomic E-state index is 15.5. The number of ether oxygens (including phenoxy) is 1. The van der Waals surface area contributed by atoms with Gasteiger partial charge in [-0.2, -0.15) is 30.7 Å². The number of rotatable bonds is 9. The summed E-state index contributed by atoms with van der Waals surface area (Å²) in [6, 6.07) is 14.4. The molecule has 0 aliphatic carbocycles. The minimum Gasteiger partial charge on any atom is -0.428 e. The Bertz CT molecular complexity index is 1610. The summed E-state index contributed by atoms with van der Waals surface area (Å²) in [6.45, 7) is 0. The molecule has 1 N–H and O–H groups in total. The minimum atomic E-state index is -5.09. The minimum absolute atomic E-state index is 0.306. The zero-order valence-electron chi connectivity index (χ0n) is 21.5. The molecule has 0 heterocycles. The molecular weight excluding hydrogens is 596 g/mol. The summed E-state index contributed by atoms with van der Waals surface area (Å²) in [7, 11) is 0. The number of carbonyl (C=O) groups excluding carboxylic acids is 1. The summed E-state index contributed by atoms with van der Waals surface area (Å²) in [6.07, 6.45) is -14.8. The molecule has 43 heavy (non-hydrogen) atoms. The fourth-order valence-electron chi connectivity index (χ4n) is 4.45. The Morgan fingerprint density at radius 1 is 0.744 bits per heavy atom. The second-order valence-corrected chi connectivity index (χ2v) is 9.36. The van der Waals surface area contributed by atoms with Gasteiger partial charge in [-0.15, -0.1) is 0 Å². The first-order valence-electron chi connectivity index (χ1n) is 12.3.